The minimum atomic E-state index is -0.674. The number of imidazole rings is 1. The van der Waals surface area contributed by atoms with E-state index < -0.39 is 11.9 Å². The van der Waals surface area contributed by atoms with E-state index in [0.29, 0.717) is 18.5 Å². The Morgan fingerprint density at radius 1 is 1.14 bits per heavy atom. The highest BCUT2D eigenvalue weighted by atomic mass is 16.2. The number of rotatable bonds is 4. The predicted molar refractivity (Wildman–Crippen MR) is 103 cm³/mol. The molecule has 0 aliphatic carbocycles. The average Bonchev–Trinajstić information content (AvgIpc) is 2.94. The van der Waals surface area contributed by atoms with E-state index in [1.165, 1.54) is 4.57 Å². The Hall–Kier alpha value is -2.74. The van der Waals surface area contributed by atoms with Crippen LogP contribution < -0.4 is 11.0 Å². The third-order valence-corrected chi connectivity index (χ3v) is 5.93. The van der Waals surface area contributed by atoms with Crippen molar-refractivity contribution in [1.29, 1.82) is 0 Å². The Morgan fingerprint density at radius 3 is 2.57 bits per heavy atom. The van der Waals surface area contributed by atoms with Crippen LogP contribution in [0.1, 0.15) is 37.3 Å². The van der Waals surface area contributed by atoms with Crippen LogP contribution in [-0.4, -0.2) is 45.2 Å². The van der Waals surface area contributed by atoms with Gasteiger partial charge in [-0.15, -0.1) is 0 Å². The Bertz CT molecular complexity index is 998. The lowest BCUT2D eigenvalue weighted by molar-refractivity contribution is -0.135. The number of fused-ring (bicyclic) bond motifs is 1. The van der Waals surface area contributed by atoms with E-state index in [1.807, 2.05) is 18.2 Å². The summed E-state index contributed by atoms with van der Waals surface area (Å²) in [6, 6.07) is 5.08. The van der Waals surface area contributed by atoms with E-state index in [1.54, 1.807) is 11.6 Å². The highest BCUT2D eigenvalue weighted by Crippen LogP contribution is 2.26. The molecule has 2 fully saturated rings. The second kappa shape index (κ2) is 7.35. The van der Waals surface area contributed by atoms with Crippen LogP contribution in [0.4, 0.5) is 0 Å². The summed E-state index contributed by atoms with van der Waals surface area (Å²) >= 11 is 0. The number of nitrogens with one attached hydrogen (secondary N) is 1. The van der Waals surface area contributed by atoms with Gasteiger partial charge in [0, 0.05) is 25.9 Å². The molecule has 0 spiro atoms. The number of likely N-dealkylation sites (tertiary alicyclic amines) is 1. The molecule has 2 saturated heterocycles. The van der Waals surface area contributed by atoms with Gasteiger partial charge in [-0.05, 0) is 44.0 Å². The van der Waals surface area contributed by atoms with E-state index in [-0.39, 0.29) is 23.9 Å². The number of aromatic nitrogens is 2. The molecule has 1 aromatic carbocycles. The van der Waals surface area contributed by atoms with E-state index in [0.717, 1.165) is 43.3 Å². The van der Waals surface area contributed by atoms with Crippen molar-refractivity contribution in [2.45, 2.75) is 38.3 Å². The molecule has 3 heterocycles. The highest BCUT2D eigenvalue weighted by molar-refractivity contribution is 6.00. The van der Waals surface area contributed by atoms with E-state index >= 15 is 0 Å². The first-order valence-corrected chi connectivity index (χ1v) is 9.69. The minimum absolute atomic E-state index is 0.144. The first kappa shape index (κ1) is 18.6. The SMILES string of the molecule is Cn1c(=O)n(C2CCC(=O)NC2=O)c2cccc(CN3CCC(C=O)CC3)c21. The summed E-state index contributed by atoms with van der Waals surface area (Å²) in [5.41, 5.74) is 2.29. The maximum absolute atomic E-state index is 12.9. The van der Waals surface area contributed by atoms with Gasteiger partial charge in [0.1, 0.15) is 12.3 Å². The van der Waals surface area contributed by atoms with Crippen LogP contribution in [0, 0.1) is 5.92 Å². The Balaban J connectivity index is 1.69. The Labute approximate surface area is 162 Å². The summed E-state index contributed by atoms with van der Waals surface area (Å²) < 4.78 is 3.10. The largest absolute Gasteiger partial charge is 0.329 e. The average molecular weight is 384 g/mol. The van der Waals surface area contributed by atoms with Gasteiger partial charge in [-0.1, -0.05) is 12.1 Å². The molecule has 0 radical (unpaired) electrons. The fourth-order valence-corrected chi connectivity index (χ4v) is 4.37. The topological polar surface area (TPSA) is 93.4 Å². The van der Waals surface area contributed by atoms with E-state index in [9.17, 15) is 19.2 Å². The third kappa shape index (κ3) is 3.17. The van der Waals surface area contributed by atoms with Gasteiger partial charge in [-0.25, -0.2) is 4.79 Å². The summed E-state index contributed by atoms with van der Waals surface area (Å²) in [4.78, 5) is 50.0. The van der Waals surface area contributed by atoms with Crippen molar-refractivity contribution in [1.82, 2.24) is 19.4 Å². The van der Waals surface area contributed by atoms with Crippen molar-refractivity contribution in [3.63, 3.8) is 0 Å². The summed E-state index contributed by atoms with van der Waals surface area (Å²) in [6.45, 7) is 2.39. The van der Waals surface area contributed by atoms with Crippen molar-refractivity contribution in [3.05, 3.63) is 34.2 Å². The van der Waals surface area contributed by atoms with Crippen LogP contribution >= 0.6 is 0 Å². The number of aldehydes is 1. The second-order valence-electron chi connectivity index (χ2n) is 7.71. The standard InChI is InChI=1S/C20H24N4O4/c1-22-18-14(11-23-9-7-13(12-25)8-10-23)3-2-4-15(18)24(20(22)28)16-5-6-17(26)21-19(16)27/h2-4,12-13,16H,5-11H2,1H3,(H,21,26,27). The highest BCUT2D eigenvalue weighted by Gasteiger charge is 2.31. The quantitative estimate of drug-likeness (QED) is 0.620. The van der Waals surface area contributed by atoms with Crippen molar-refractivity contribution < 1.29 is 14.4 Å². The molecule has 2 aromatic rings. The van der Waals surface area contributed by atoms with Gasteiger partial charge < -0.3 is 4.79 Å². The van der Waals surface area contributed by atoms with Gasteiger partial charge in [-0.3, -0.25) is 28.9 Å². The molecule has 4 rings (SSSR count). The molecule has 2 aliphatic heterocycles. The number of amides is 2. The van der Waals surface area contributed by atoms with Crippen molar-refractivity contribution in [2.75, 3.05) is 13.1 Å². The lowest BCUT2D eigenvalue weighted by atomic mass is 9.98. The number of imide groups is 1. The molecule has 8 heteroatoms. The molecular weight excluding hydrogens is 360 g/mol. The number of aryl methyl sites for hydroxylation is 1. The molecule has 8 nitrogen and oxygen atoms in total. The first-order chi connectivity index (χ1) is 13.5. The monoisotopic (exact) mass is 384 g/mol. The zero-order valence-corrected chi connectivity index (χ0v) is 15.9. The number of benzene rings is 1. The Morgan fingerprint density at radius 2 is 1.89 bits per heavy atom. The van der Waals surface area contributed by atoms with Gasteiger partial charge in [-0.2, -0.15) is 0 Å². The van der Waals surface area contributed by atoms with Crippen molar-refractivity contribution in [2.24, 2.45) is 13.0 Å². The first-order valence-electron chi connectivity index (χ1n) is 9.69. The maximum Gasteiger partial charge on any atom is 0.329 e. The number of hydrogen-bond donors (Lipinski definition) is 1. The van der Waals surface area contributed by atoms with Crippen LogP contribution in [0.5, 0.6) is 0 Å². The van der Waals surface area contributed by atoms with Crippen LogP contribution in [0.3, 0.4) is 0 Å². The normalized spacial score (nSPS) is 21.8. The fraction of sp³-hybridized carbons (Fsp3) is 0.500. The summed E-state index contributed by atoms with van der Waals surface area (Å²) in [6.07, 6.45) is 3.31. The molecule has 1 aromatic heterocycles. The van der Waals surface area contributed by atoms with Gasteiger partial charge in [0.05, 0.1) is 11.0 Å². The molecule has 28 heavy (non-hydrogen) atoms. The van der Waals surface area contributed by atoms with Gasteiger partial charge in [0.15, 0.2) is 0 Å². The van der Waals surface area contributed by atoms with Crippen LogP contribution in [0.2, 0.25) is 0 Å². The summed E-state index contributed by atoms with van der Waals surface area (Å²) in [7, 11) is 1.72. The lowest BCUT2D eigenvalue weighted by Crippen LogP contribution is -2.44. The predicted octanol–water partition coefficient (Wildman–Crippen LogP) is 0.729. The number of para-hydroxylation sites is 1. The van der Waals surface area contributed by atoms with E-state index in [4.69, 9.17) is 0 Å². The number of piperidine rings is 2. The fourth-order valence-electron chi connectivity index (χ4n) is 4.37. The second-order valence-corrected chi connectivity index (χ2v) is 7.71. The molecular formula is C20H24N4O4. The molecule has 1 atom stereocenters. The third-order valence-electron chi connectivity index (χ3n) is 5.93. The molecule has 1 unspecified atom stereocenters. The molecule has 0 saturated carbocycles. The number of nitrogens with zero attached hydrogens (tertiary/aromatic N) is 3. The van der Waals surface area contributed by atoms with Gasteiger partial charge in [0.2, 0.25) is 11.8 Å². The molecule has 148 valence electrons. The van der Waals surface area contributed by atoms with Crippen molar-refractivity contribution in [3.8, 4) is 0 Å². The summed E-state index contributed by atoms with van der Waals surface area (Å²) in [5, 5.41) is 2.34. The molecule has 2 amide bonds. The number of carbonyl (C=O) groups excluding carboxylic acids is 3. The smallest absolute Gasteiger partial charge is 0.303 e. The van der Waals surface area contributed by atoms with Crippen molar-refractivity contribution >= 4 is 29.1 Å². The van der Waals surface area contributed by atoms with Crippen LogP contribution in [-0.2, 0) is 28.0 Å². The minimum Gasteiger partial charge on any atom is -0.303 e. The maximum atomic E-state index is 12.9. The Kier molecular flexibility index (Phi) is 4.89. The van der Waals surface area contributed by atoms with E-state index in [2.05, 4.69) is 10.2 Å². The molecule has 2 aliphatic rings. The van der Waals surface area contributed by atoms with Crippen LogP contribution in [0.25, 0.3) is 11.0 Å². The number of carbonyl (C=O) groups is 3. The number of hydrogen-bond acceptors (Lipinski definition) is 5. The summed E-state index contributed by atoms with van der Waals surface area (Å²) in [5.74, 6) is -0.578. The zero-order valence-electron chi connectivity index (χ0n) is 15.9. The van der Waals surface area contributed by atoms with Gasteiger partial charge in [0.25, 0.3) is 0 Å². The van der Waals surface area contributed by atoms with Crippen LogP contribution in [0.15, 0.2) is 23.0 Å². The zero-order chi connectivity index (χ0) is 19.8. The molecule has 0 bridgehead atoms. The molecule has 1 N–H and O–H groups in total. The van der Waals surface area contributed by atoms with Gasteiger partial charge >= 0.3 is 5.69 Å². The lowest BCUT2D eigenvalue weighted by Gasteiger charge is -2.29.